The number of hydrogen-bond donors (Lipinski definition) is 1. The van der Waals surface area contributed by atoms with Crippen LogP contribution in [0, 0.1) is 0 Å². The first kappa shape index (κ1) is 19.1. The van der Waals surface area contributed by atoms with E-state index < -0.39 is 5.66 Å². The molecule has 1 N–H and O–H groups in total. The number of nitrogens with zero attached hydrogens (tertiary/aromatic N) is 1. The molecule has 0 unspecified atom stereocenters. The van der Waals surface area contributed by atoms with Crippen LogP contribution in [-0.4, -0.2) is 31.8 Å². The monoisotopic (exact) mass is 390 g/mol. The first-order valence-electron chi connectivity index (χ1n) is 9.72. The Morgan fingerprint density at radius 2 is 2.00 bits per heavy atom. The zero-order chi connectivity index (χ0) is 20.6. The van der Waals surface area contributed by atoms with Crippen molar-refractivity contribution in [2.24, 2.45) is 0 Å². The van der Waals surface area contributed by atoms with Gasteiger partial charge in [0.25, 0.3) is 0 Å². The summed E-state index contributed by atoms with van der Waals surface area (Å²) in [6.45, 7) is 8.79. The number of anilines is 1. The summed E-state index contributed by atoms with van der Waals surface area (Å²) >= 11 is 0. The van der Waals surface area contributed by atoms with Crippen molar-refractivity contribution in [2.75, 3.05) is 25.2 Å². The molecule has 0 saturated carbocycles. The molecule has 1 amide bonds. The van der Waals surface area contributed by atoms with Crippen molar-refractivity contribution in [2.45, 2.75) is 24.9 Å². The van der Waals surface area contributed by atoms with Crippen LogP contribution < -0.4 is 19.7 Å². The quantitative estimate of drug-likeness (QED) is 0.760. The summed E-state index contributed by atoms with van der Waals surface area (Å²) in [5.41, 5.74) is 2.40. The van der Waals surface area contributed by atoms with E-state index in [1.165, 1.54) is 5.56 Å². The van der Waals surface area contributed by atoms with E-state index in [4.69, 9.17) is 9.47 Å². The first-order valence-corrected chi connectivity index (χ1v) is 9.72. The number of amides is 1. The number of benzene rings is 2. The molecule has 2 heterocycles. The minimum absolute atomic E-state index is 0.0305. The second kappa shape index (κ2) is 6.99. The molecule has 1 saturated heterocycles. The highest BCUT2D eigenvalue weighted by molar-refractivity contribution is 5.91. The largest absolute Gasteiger partial charge is 0.493 e. The molecule has 5 nitrogen and oxygen atoms in total. The van der Waals surface area contributed by atoms with E-state index in [-0.39, 0.29) is 11.3 Å². The average Bonchev–Trinajstić information content (AvgIpc) is 3.16. The van der Waals surface area contributed by atoms with Gasteiger partial charge in [-0.2, -0.15) is 0 Å². The number of para-hydroxylation sites is 1. The van der Waals surface area contributed by atoms with E-state index in [0.717, 1.165) is 11.3 Å². The van der Waals surface area contributed by atoms with Crippen LogP contribution in [0.4, 0.5) is 5.69 Å². The third-order valence-corrected chi connectivity index (χ3v) is 5.94. The molecule has 29 heavy (non-hydrogen) atoms. The Hall–Kier alpha value is -3.21. The highest BCUT2D eigenvalue weighted by Crippen LogP contribution is 2.52. The van der Waals surface area contributed by atoms with Gasteiger partial charge in [0.1, 0.15) is 12.3 Å². The van der Waals surface area contributed by atoms with Crippen molar-refractivity contribution in [1.29, 1.82) is 0 Å². The SMILES string of the molecule is C=CCOc1ccc(C=C[C@@]23NC(=O)CN2c2ccccc2C3(C)C)cc1OC. The second-order valence-corrected chi connectivity index (χ2v) is 7.89. The summed E-state index contributed by atoms with van der Waals surface area (Å²) in [4.78, 5) is 14.6. The molecule has 2 aromatic rings. The number of carbonyl (C=O) groups is 1. The van der Waals surface area contributed by atoms with E-state index in [2.05, 4.69) is 54.9 Å². The molecule has 1 fully saturated rings. The number of ether oxygens (including phenoxy) is 2. The number of nitrogens with one attached hydrogen (secondary N) is 1. The maximum Gasteiger partial charge on any atom is 0.241 e. The van der Waals surface area contributed by atoms with Crippen molar-refractivity contribution >= 4 is 17.7 Å². The standard InChI is InChI=1S/C24H26N2O3/c1-5-14-29-20-11-10-17(15-21(20)28-4)12-13-24-23(2,3)18-8-6-7-9-19(18)26(24)16-22(27)25-24/h5-13,15H,1,14,16H2,2-4H3,(H,25,27)/t24-/m1/s1. The van der Waals surface area contributed by atoms with Crippen molar-refractivity contribution in [1.82, 2.24) is 5.32 Å². The zero-order valence-electron chi connectivity index (χ0n) is 17.1. The molecule has 0 aromatic heterocycles. The normalized spacial score (nSPS) is 21.6. The maximum atomic E-state index is 12.4. The van der Waals surface area contributed by atoms with Gasteiger partial charge < -0.3 is 19.7 Å². The Morgan fingerprint density at radius 3 is 2.76 bits per heavy atom. The fraction of sp³-hybridized carbons (Fsp3) is 0.292. The maximum absolute atomic E-state index is 12.4. The van der Waals surface area contributed by atoms with Crippen molar-refractivity contribution in [3.8, 4) is 11.5 Å². The third kappa shape index (κ3) is 2.89. The Morgan fingerprint density at radius 1 is 1.21 bits per heavy atom. The number of carbonyl (C=O) groups excluding carboxylic acids is 1. The van der Waals surface area contributed by atoms with Crippen LogP contribution in [0.5, 0.6) is 11.5 Å². The molecule has 2 aromatic carbocycles. The molecule has 4 rings (SSSR count). The lowest BCUT2D eigenvalue weighted by Crippen LogP contribution is -2.58. The Bertz CT molecular complexity index is 995. The smallest absolute Gasteiger partial charge is 0.241 e. The Kier molecular flexibility index (Phi) is 4.61. The first-order chi connectivity index (χ1) is 13.9. The van der Waals surface area contributed by atoms with Gasteiger partial charge in [-0.25, -0.2) is 0 Å². The molecule has 2 aliphatic heterocycles. The molecule has 150 valence electrons. The minimum atomic E-state index is -0.612. The van der Waals surface area contributed by atoms with E-state index in [1.807, 2.05) is 30.3 Å². The van der Waals surface area contributed by atoms with Gasteiger partial charge in [0.2, 0.25) is 5.91 Å². The van der Waals surface area contributed by atoms with Gasteiger partial charge in [-0.1, -0.05) is 56.8 Å². The predicted molar refractivity (Wildman–Crippen MR) is 115 cm³/mol. The van der Waals surface area contributed by atoms with Crippen LogP contribution in [-0.2, 0) is 10.2 Å². The van der Waals surface area contributed by atoms with Crippen LogP contribution in [0.15, 0.2) is 61.2 Å². The second-order valence-electron chi connectivity index (χ2n) is 7.89. The van der Waals surface area contributed by atoms with E-state index in [1.54, 1.807) is 13.2 Å². The van der Waals surface area contributed by atoms with Gasteiger partial charge in [0.15, 0.2) is 11.5 Å². The number of hydrogen-bond acceptors (Lipinski definition) is 4. The van der Waals surface area contributed by atoms with Gasteiger partial charge in [-0.3, -0.25) is 4.79 Å². The van der Waals surface area contributed by atoms with Crippen molar-refractivity contribution in [3.63, 3.8) is 0 Å². The van der Waals surface area contributed by atoms with Gasteiger partial charge in [-0.15, -0.1) is 0 Å². The number of rotatable bonds is 6. The lowest BCUT2D eigenvalue weighted by Gasteiger charge is -2.40. The predicted octanol–water partition coefficient (Wildman–Crippen LogP) is 3.90. The molecule has 5 heteroatoms. The topological polar surface area (TPSA) is 50.8 Å². The third-order valence-electron chi connectivity index (χ3n) is 5.94. The van der Waals surface area contributed by atoms with Crippen LogP contribution in [0.1, 0.15) is 25.0 Å². The van der Waals surface area contributed by atoms with Crippen LogP contribution in [0.3, 0.4) is 0 Å². The zero-order valence-corrected chi connectivity index (χ0v) is 17.1. The van der Waals surface area contributed by atoms with Crippen LogP contribution in [0.25, 0.3) is 6.08 Å². The lowest BCUT2D eigenvalue weighted by atomic mass is 9.75. The van der Waals surface area contributed by atoms with E-state index in [9.17, 15) is 4.79 Å². The fourth-order valence-corrected chi connectivity index (χ4v) is 4.41. The summed E-state index contributed by atoms with van der Waals surface area (Å²) in [5.74, 6) is 1.36. The summed E-state index contributed by atoms with van der Waals surface area (Å²) in [6, 6.07) is 14.1. The summed E-state index contributed by atoms with van der Waals surface area (Å²) < 4.78 is 11.1. The molecular formula is C24H26N2O3. The fourth-order valence-electron chi connectivity index (χ4n) is 4.41. The molecule has 2 aliphatic rings. The summed E-state index contributed by atoms with van der Waals surface area (Å²) in [7, 11) is 1.62. The van der Waals surface area contributed by atoms with Crippen LogP contribution in [0.2, 0.25) is 0 Å². The molecule has 0 spiro atoms. The highest BCUT2D eigenvalue weighted by Gasteiger charge is 2.59. The van der Waals surface area contributed by atoms with Crippen molar-refractivity contribution in [3.05, 3.63) is 72.3 Å². The molecule has 0 radical (unpaired) electrons. The molecular weight excluding hydrogens is 364 g/mol. The van der Waals surface area contributed by atoms with Gasteiger partial charge in [0, 0.05) is 11.1 Å². The van der Waals surface area contributed by atoms with E-state index in [0.29, 0.717) is 24.7 Å². The highest BCUT2D eigenvalue weighted by atomic mass is 16.5. The Balaban J connectivity index is 1.72. The minimum Gasteiger partial charge on any atom is -0.493 e. The van der Waals surface area contributed by atoms with Crippen LogP contribution >= 0.6 is 0 Å². The molecule has 0 bridgehead atoms. The van der Waals surface area contributed by atoms with Gasteiger partial charge in [-0.05, 0) is 35.4 Å². The number of methoxy groups -OCH3 is 1. The number of fused-ring (bicyclic) bond motifs is 3. The average molecular weight is 390 g/mol. The summed E-state index contributed by atoms with van der Waals surface area (Å²) in [5, 5.41) is 3.24. The molecule has 0 aliphatic carbocycles. The Labute approximate surface area is 171 Å². The molecule has 1 atom stereocenters. The van der Waals surface area contributed by atoms with Crippen molar-refractivity contribution < 1.29 is 14.3 Å². The van der Waals surface area contributed by atoms with Gasteiger partial charge in [0.05, 0.1) is 13.7 Å². The lowest BCUT2D eigenvalue weighted by molar-refractivity contribution is -0.118. The van der Waals surface area contributed by atoms with Gasteiger partial charge >= 0.3 is 0 Å². The summed E-state index contributed by atoms with van der Waals surface area (Å²) in [6.07, 6.45) is 5.83. The van der Waals surface area contributed by atoms with E-state index >= 15 is 0 Å².